The molecule has 17 heavy (non-hydrogen) atoms. The molecule has 0 bridgehead atoms. The van der Waals surface area contributed by atoms with Crippen molar-refractivity contribution in [1.29, 1.82) is 0 Å². The van der Waals surface area contributed by atoms with Gasteiger partial charge in [-0.05, 0) is 12.8 Å². The Bertz CT molecular complexity index is 223. The molecule has 2 heteroatoms. The summed E-state index contributed by atoms with van der Waals surface area (Å²) in [7, 11) is 0. The monoisotopic (exact) mass is 240 g/mol. The Morgan fingerprint density at radius 2 is 1.59 bits per heavy atom. The number of carbonyl (C=O) groups excluding carboxylic acids is 2. The number of rotatable bonds is 11. The minimum atomic E-state index is -0.259. The fourth-order valence-electron chi connectivity index (χ4n) is 2.23. The first-order valence-electron chi connectivity index (χ1n) is 7.07. The molecule has 0 aliphatic rings. The molecule has 0 spiro atoms. The highest BCUT2D eigenvalue weighted by Gasteiger charge is 2.30. The maximum Gasteiger partial charge on any atom is 0.145 e. The second-order valence-corrected chi connectivity index (χ2v) is 5.27. The summed E-state index contributed by atoms with van der Waals surface area (Å²) in [4.78, 5) is 22.5. The van der Waals surface area contributed by atoms with Gasteiger partial charge in [0, 0.05) is 5.41 Å². The van der Waals surface area contributed by atoms with E-state index in [1.54, 1.807) is 0 Å². The van der Waals surface area contributed by atoms with E-state index in [1.165, 1.54) is 19.3 Å². The third kappa shape index (κ3) is 6.60. The molecule has 2 nitrogen and oxygen atoms in total. The minimum absolute atomic E-state index is 0.0913. The van der Waals surface area contributed by atoms with Gasteiger partial charge in [0.1, 0.15) is 12.1 Å². The lowest BCUT2D eigenvalue weighted by Gasteiger charge is -2.27. The smallest absolute Gasteiger partial charge is 0.145 e. The number of unbranched alkanes of at least 4 members (excludes halogenated alkanes) is 4. The predicted molar refractivity (Wildman–Crippen MR) is 72.1 cm³/mol. The van der Waals surface area contributed by atoms with E-state index in [4.69, 9.17) is 0 Å². The first kappa shape index (κ1) is 16.3. The molecule has 0 heterocycles. The lowest BCUT2D eigenvalue weighted by atomic mass is 9.75. The Labute approximate surface area is 106 Å². The molecule has 0 aliphatic heterocycles. The third-order valence-electron chi connectivity index (χ3n) is 3.61. The van der Waals surface area contributed by atoms with Crippen LogP contribution in [-0.2, 0) is 9.59 Å². The summed E-state index contributed by atoms with van der Waals surface area (Å²) in [6.45, 7) is 6.37. The molecular weight excluding hydrogens is 212 g/mol. The van der Waals surface area contributed by atoms with Gasteiger partial charge in [0.25, 0.3) is 0 Å². The highest BCUT2D eigenvalue weighted by Crippen LogP contribution is 2.32. The number of hydrogen-bond donors (Lipinski definition) is 0. The molecule has 0 aliphatic carbocycles. The van der Waals surface area contributed by atoms with Gasteiger partial charge in [-0.1, -0.05) is 59.3 Å². The molecule has 0 amide bonds. The highest BCUT2D eigenvalue weighted by molar-refractivity contribution is 5.93. The summed E-state index contributed by atoms with van der Waals surface area (Å²) < 4.78 is 0. The van der Waals surface area contributed by atoms with E-state index in [1.807, 2.05) is 6.92 Å². The topological polar surface area (TPSA) is 34.1 Å². The summed E-state index contributed by atoms with van der Waals surface area (Å²) in [6, 6.07) is 0. The van der Waals surface area contributed by atoms with Crippen LogP contribution >= 0.6 is 0 Å². The highest BCUT2D eigenvalue weighted by atomic mass is 16.1. The molecule has 100 valence electrons. The predicted octanol–water partition coefficient (Wildman–Crippen LogP) is 4.31. The van der Waals surface area contributed by atoms with E-state index in [9.17, 15) is 9.59 Å². The van der Waals surface area contributed by atoms with Gasteiger partial charge in [-0.25, -0.2) is 0 Å². The van der Waals surface area contributed by atoms with E-state index < -0.39 is 0 Å². The SMILES string of the molecule is CCCCCCC(C)(CCCC)C(=O)CC=O. The van der Waals surface area contributed by atoms with Crippen LogP contribution in [0, 0.1) is 5.41 Å². The summed E-state index contributed by atoms with van der Waals surface area (Å²) in [6.07, 6.45) is 9.67. The van der Waals surface area contributed by atoms with Crippen LogP contribution in [0.25, 0.3) is 0 Å². The molecule has 0 radical (unpaired) electrons. The largest absolute Gasteiger partial charge is 0.303 e. The molecule has 0 N–H and O–H groups in total. The van der Waals surface area contributed by atoms with Crippen molar-refractivity contribution in [2.75, 3.05) is 0 Å². The molecule has 0 saturated heterocycles. The summed E-state index contributed by atoms with van der Waals surface area (Å²) >= 11 is 0. The van der Waals surface area contributed by atoms with Gasteiger partial charge < -0.3 is 4.79 Å². The van der Waals surface area contributed by atoms with Crippen LogP contribution in [-0.4, -0.2) is 12.1 Å². The van der Waals surface area contributed by atoms with Crippen LogP contribution in [0.15, 0.2) is 0 Å². The summed E-state index contributed by atoms with van der Waals surface area (Å²) in [5.74, 6) is 0.137. The van der Waals surface area contributed by atoms with E-state index in [0.717, 1.165) is 38.4 Å². The van der Waals surface area contributed by atoms with Gasteiger partial charge in [0.15, 0.2) is 0 Å². The van der Waals surface area contributed by atoms with E-state index in [0.29, 0.717) is 0 Å². The standard InChI is InChI=1S/C15H28O2/c1-4-6-8-9-12-15(3,11-7-5-2)14(17)10-13-16/h13H,4-12H2,1-3H3. The zero-order chi connectivity index (χ0) is 13.1. The Kier molecular flexibility index (Phi) is 9.01. The number of hydrogen-bond acceptors (Lipinski definition) is 2. The van der Waals surface area contributed by atoms with Gasteiger partial charge in [-0.15, -0.1) is 0 Å². The zero-order valence-electron chi connectivity index (χ0n) is 11.8. The zero-order valence-corrected chi connectivity index (χ0v) is 11.8. The van der Waals surface area contributed by atoms with Crippen molar-refractivity contribution in [3.05, 3.63) is 0 Å². The molecule has 1 atom stereocenters. The Balaban J connectivity index is 4.27. The fourth-order valence-corrected chi connectivity index (χ4v) is 2.23. The minimum Gasteiger partial charge on any atom is -0.303 e. The quantitative estimate of drug-likeness (QED) is 0.306. The van der Waals surface area contributed by atoms with Gasteiger partial charge in [0.2, 0.25) is 0 Å². The summed E-state index contributed by atoms with van der Waals surface area (Å²) in [5, 5.41) is 0. The van der Waals surface area contributed by atoms with Gasteiger partial charge in [-0.3, -0.25) is 4.79 Å². The van der Waals surface area contributed by atoms with Crippen molar-refractivity contribution in [2.24, 2.45) is 5.41 Å². The first-order chi connectivity index (χ1) is 8.10. The van der Waals surface area contributed by atoms with Gasteiger partial charge in [-0.2, -0.15) is 0 Å². The number of aldehydes is 1. The molecule has 1 unspecified atom stereocenters. The van der Waals surface area contributed by atoms with Crippen LogP contribution in [0.1, 0.15) is 78.6 Å². The lowest BCUT2D eigenvalue weighted by molar-refractivity contribution is -0.130. The van der Waals surface area contributed by atoms with E-state index >= 15 is 0 Å². The van der Waals surface area contributed by atoms with Crippen LogP contribution in [0.2, 0.25) is 0 Å². The number of ketones is 1. The van der Waals surface area contributed by atoms with E-state index in [2.05, 4.69) is 13.8 Å². The molecule has 0 aromatic carbocycles. The molecular formula is C15H28O2. The van der Waals surface area contributed by atoms with Crippen LogP contribution < -0.4 is 0 Å². The van der Waals surface area contributed by atoms with Crippen molar-refractivity contribution in [3.8, 4) is 0 Å². The van der Waals surface area contributed by atoms with Crippen LogP contribution in [0.4, 0.5) is 0 Å². The summed E-state index contributed by atoms with van der Waals surface area (Å²) in [5.41, 5.74) is -0.259. The second kappa shape index (κ2) is 9.38. The normalized spacial score (nSPS) is 14.3. The van der Waals surface area contributed by atoms with Crippen molar-refractivity contribution < 1.29 is 9.59 Å². The molecule has 0 saturated carbocycles. The fraction of sp³-hybridized carbons (Fsp3) is 0.867. The second-order valence-electron chi connectivity index (χ2n) is 5.27. The molecule has 0 aromatic heterocycles. The Morgan fingerprint density at radius 3 is 2.12 bits per heavy atom. The maximum atomic E-state index is 12.0. The Hall–Kier alpha value is -0.660. The first-order valence-corrected chi connectivity index (χ1v) is 7.07. The van der Waals surface area contributed by atoms with Crippen LogP contribution in [0.3, 0.4) is 0 Å². The van der Waals surface area contributed by atoms with Crippen molar-refractivity contribution >= 4 is 12.1 Å². The van der Waals surface area contributed by atoms with Crippen molar-refractivity contribution in [3.63, 3.8) is 0 Å². The third-order valence-corrected chi connectivity index (χ3v) is 3.61. The molecule has 0 fully saturated rings. The number of Topliss-reactive ketones (excluding diaryl/α,β-unsaturated/α-hetero) is 1. The average Bonchev–Trinajstić information content (AvgIpc) is 2.32. The average molecular weight is 240 g/mol. The van der Waals surface area contributed by atoms with E-state index in [-0.39, 0.29) is 17.6 Å². The van der Waals surface area contributed by atoms with Gasteiger partial charge >= 0.3 is 0 Å². The maximum absolute atomic E-state index is 12.0. The molecule has 0 rings (SSSR count). The van der Waals surface area contributed by atoms with Crippen LogP contribution in [0.5, 0.6) is 0 Å². The van der Waals surface area contributed by atoms with Crippen molar-refractivity contribution in [2.45, 2.75) is 78.6 Å². The lowest BCUT2D eigenvalue weighted by Crippen LogP contribution is -2.28. The Morgan fingerprint density at radius 1 is 1.00 bits per heavy atom. The number of carbonyl (C=O) groups is 2. The van der Waals surface area contributed by atoms with Crippen molar-refractivity contribution in [1.82, 2.24) is 0 Å². The van der Waals surface area contributed by atoms with Gasteiger partial charge in [0.05, 0.1) is 6.42 Å². The molecule has 0 aromatic rings.